The smallest absolute Gasteiger partial charge is 0.356 e. The number of rotatable bonds is 6. The van der Waals surface area contributed by atoms with Crippen molar-refractivity contribution >= 4 is 17.3 Å². The van der Waals surface area contributed by atoms with Gasteiger partial charge in [0.25, 0.3) is 0 Å². The van der Waals surface area contributed by atoms with E-state index in [0.717, 1.165) is 40.5 Å². The van der Waals surface area contributed by atoms with Crippen molar-refractivity contribution in [3.05, 3.63) is 46.6 Å². The number of nitrogens with one attached hydrogen (secondary N) is 1. The van der Waals surface area contributed by atoms with Crippen molar-refractivity contribution in [2.24, 2.45) is 0 Å². The van der Waals surface area contributed by atoms with Gasteiger partial charge in [0.05, 0.1) is 11.9 Å². The molecular formula is C18H20N6O2S. The summed E-state index contributed by atoms with van der Waals surface area (Å²) in [7, 11) is 0. The van der Waals surface area contributed by atoms with Crippen LogP contribution in [0.1, 0.15) is 40.8 Å². The van der Waals surface area contributed by atoms with Gasteiger partial charge in [0.2, 0.25) is 0 Å². The summed E-state index contributed by atoms with van der Waals surface area (Å²) in [6.45, 7) is 3.32. The molecule has 0 amide bonds. The Bertz CT molecular complexity index is 952. The van der Waals surface area contributed by atoms with Crippen LogP contribution in [0.15, 0.2) is 24.0 Å². The van der Waals surface area contributed by atoms with E-state index in [1.807, 2.05) is 17.0 Å². The summed E-state index contributed by atoms with van der Waals surface area (Å²) >= 11 is 1.55. The van der Waals surface area contributed by atoms with Crippen LogP contribution < -0.4 is 5.32 Å². The van der Waals surface area contributed by atoms with E-state index >= 15 is 0 Å². The van der Waals surface area contributed by atoms with Crippen molar-refractivity contribution < 1.29 is 9.90 Å². The van der Waals surface area contributed by atoms with E-state index in [2.05, 4.69) is 25.4 Å². The quantitative estimate of drug-likeness (QED) is 0.671. The summed E-state index contributed by atoms with van der Waals surface area (Å²) in [6.07, 6.45) is 7.48. The van der Waals surface area contributed by atoms with Crippen LogP contribution in [-0.4, -0.2) is 41.9 Å². The zero-order chi connectivity index (χ0) is 18.8. The molecule has 1 aliphatic carbocycles. The third-order valence-electron chi connectivity index (χ3n) is 4.75. The Balaban J connectivity index is 1.43. The van der Waals surface area contributed by atoms with Gasteiger partial charge >= 0.3 is 5.97 Å². The van der Waals surface area contributed by atoms with E-state index in [-0.39, 0.29) is 11.7 Å². The maximum absolute atomic E-state index is 11.5. The fourth-order valence-corrected chi connectivity index (χ4v) is 4.24. The van der Waals surface area contributed by atoms with Crippen LogP contribution in [0, 0.1) is 0 Å². The van der Waals surface area contributed by atoms with Gasteiger partial charge in [-0.3, -0.25) is 14.6 Å². The van der Waals surface area contributed by atoms with Gasteiger partial charge in [0.1, 0.15) is 10.7 Å². The van der Waals surface area contributed by atoms with Crippen LogP contribution in [0.2, 0.25) is 0 Å². The normalized spacial score (nSPS) is 16.3. The van der Waals surface area contributed by atoms with Crippen LogP contribution in [0.4, 0.5) is 0 Å². The fraction of sp³-hybridized carbons (Fsp3) is 0.389. The standard InChI is InChI=1S/C18H20N6O2S/c1-2-24-15-4-3-11(7-13(15)16(23-24)18(25)26)21-8-12-10-27-17(22-12)14-9-19-5-6-20-14/h5-6,9-11,21H,2-4,7-8H2,1H3,(H,25,26)/t11-/m1/s1. The fourth-order valence-electron chi connectivity index (χ4n) is 3.46. The molecule has 0 aromatic carbocycles. The molecule has 0 saturated carbocycles. The first-order valence-corrected chi connectivity index (χ1v) is 9.79. The van der Waals surface area contributed by atoms with Gasteiger partial charge in [-0.2, -0.15) is 5.10 Å². The van der Waals surface area contributed by atoms with Crippen molar-refractivity contribution in [1.29, 1.82) is 0 Å². The average molecular weight is 384 g/mol. The number of hydrogen-bond donors (Lipinski definition) is 2. The lowest BCUT2D eigenvalue weighted by Gasteiger charge is -2.24. The minimum Gasteiger partial charge on any atom is -0.476 e. The molecule has 2 N–H and O–H groups in total. The Morgan fingerprint density at radius 3 is 3.07 bits per heavy atom. The molecule has 3 aromatic rings. The van der Waals surface area contributed by atoms with Crippen LogP contribution in [0.25, 0.3) is 10.7 Å². The maximum atomic E-state index is 11.5. The monoisotopic (exact) mass is 384 g/mol. The summed E-state index contributed by atoms with van der Waals surface area (Å²) < 4.78 is 1.82. The summed E-state index contributed by atoms with van der Waals surface area (Å²) in [5.74, 6) is -0.952. The lowest BCUT2D eigenvalue weighted by Crippen LogP contribution is -2.34. The average Bonchev–Trinajstić information content (AvgIpc) is 3.31. The predicted molar refractivity (Wildman–Crippen MR) is 101 cm³/mol. The highest BCUT2D eigenvalue weighted by Gasteiger charge is 2.28. The van der Waals surface area contributed by atoms with E-state index in [1.165, 1.54) is 0 Å². The van der Waals surface area contributed by atoms with Crippen molar-refractivity contribution in [3.63, 3.8) is 0 Å². The minimum atomic E-state index is -0.952. The minimum absolute atomic E-state index is 0.192. The van der Waals surface area contributed by atoms with Gasteiger partial charge in [0, 0.05) is 48.2 Å². The Labute approximate surface area is 160 Å². The van der Waals surface area contributed by atoms with E-state index in [0.29, 0.717) is 19.5 Å². The number of carboxylic acids is 1. The Hall–Kier alpha value is -2.65. The number of aromatic nitrogens is 5. The van der Waals surface area contributed by atoms with Crippen LogP contribution in [0.5, 0.6) is 0 Å². The van der Waals surface area contributed by atoms with E-state index < -0.39 is 5.97 Å². The molecule has 0 saturated heterocycles. The molecule has 0 aliphatic heterocycles. The van der Waals surface area contributed by atoms with Crippen molar-refractivity contribution in [2.75, 3.05) is 0 Å². The maximum Gasteiger partial charge on any atom is 0.356 e. The highest BCUT2D eigenvalue weighted by Crippen LogP contribution is 2.26. The van der Waals surface area contributed by atoms with Crippen molar-refractivity contribution in [1.82, 2.24) is 30.0 Å². The Kier molecular flexibility index (Phi) is 4.95. The largest absolute Gasteiger partial charge is 0.476 e. The van der Waals surface area contributed by atoms with Gasteiger partial charge in [-0.25, -0.2) is 9.78 Å². The highest BCUT2D eigenvalue weighted by atomic mass is 32.1. The van der Waals surface area contributed by atoms with E-state index in [1.54, 1.807) is 29.9 Å². The molecule has 0 fully saturated rings. The zero-order valence-electron chi connectivity index (χ0n) is 14.9. The molecule has 1 atom stereocenters. The van der Waals surface area contributed by atoms with Crippen LogP contribution >= 0.6 is 11.3 Å². The number of thiazole rings is 1. The van der Waals surface area contributed by atoms with Crippen LogP contribution in [-0.2, 0) is 25.9 Å². The third-order valence-corrected chi connectivity index (χ3v) is 5.67. The van der Waals surface area contributed by atoms with E-state index in [4.69, 9.17) is 0 Å². The lowest BCUT2D eigenvalue weighted by atomic mass is 9.91. The second-order valence-electron chi connectivity index (χ2n) is 6.45. The molecule has 8 nitrogen and oxygen atoms in total. The summed E-state index contributed by atoms with van der Waals surface area (Å²) in [4.78, 5) is 24.5. The number of fused-ring (bicyclic) bond motifs is 1. The van der Waals surface area contributed by atoms with Crippen LogP contribution in [0.3, 0.4) is 0 Å². The first-order chi connectivity index (χ1) is 13.2. The second-order valence-corrected chi connectivity index (χ2v) is 7.31. The first kappa shape index (κ1) is 17.7. The SMILES string of the molecule is CCn1nc(C(=O)O)c2c1CC[C@@H](NCc1csc(-c3cnccn3)n1)C2. The molecule has 140 valence electrons. The van der Waals surface area contributed by atoms with Crippen molar-refractivity contribution in [3.8, 4) is 10.7 Å². The molecule has 0 radical (unpaired) electrons. The molecule has 27 heavy (non-hydrogen) atoms. The van der Waals surface area contributed by atoms with Gasteiger partial charge in [-0.1, -0.05) is 0 Å². The molecule has 3 aromatic heterocycles. The molecule has 0 spiro atoms. The number of nitrogens with zero attached hydrogens (tertiary/aromatic N) is 5. The van der Waals surface area contributed by atoms with E-state index in [9.17, 15) is 9.90 Å². The topological polar surface area (TPSA) is 106 Å². The summed E-state index contributed by atoms with van der Waals surface area (Å²) in [5.41, 5.74) is 3.85. The summed E-state index contributed by atoms with van der Waals surface area (Å²) in [5, 5.41) is 20.1. The number of hydrogen-bond acceptors (Lipinski definition) is 7. The Morgan fingerprint density at radius 1 is 1.44 bits per heavy atom. The number of aryl methyl sites for hydroxylation is 1. The van der Waals surface area contributed by atoms with Crippen molar-refractivity contribution in [2.45, 2.75) is 45.3 Å². The first-order valence-electron chi connectivity index (χ1n) is 8.91. The zero-order valence-corrected chi connectivity index (χ0v) is 15.7. The van der Waals surface area contributed by atoms with Gasteiger partial charge in [-0.15, -0.1) is 11.3 Å². The highest BCUT2D eigenvalue weighted by molar-refractivity contribution is 7.13. The molecule has 9 heteroatoms. The predicted octanol–water partition coefficient (Wildman–Crippen LogP) is 2.16. The molecule has 0 bridgehead atoms. The molecule has 4 rings (SSSR count). The summed E-state index contributed by atoms with van der Waals surface area (Å²) in [6, 6.07) is 0.215. The molecule has 3 heterocycles. The number of aromatic carboxylic acids is 1. The van der Waals surface area contributed by atoms with Gasteiger partial charge in [-0.05, 0) is 26.2 Å². The molecular weight excluding hydrogens is 364 g/mol. The number of carboxylic acid groups (broad SMARTS) is 1. The second kappa shape index (κ2) is 7.53. The number of carbonyl (C=O) groups is 1. The van der Waals surface area contributed by atoms with Gasteiger partial charge in [0.15, 0.2) is 5.69 Å². The molecule has 0 unspecified atom stereocenters. The lowest BCUT2D eigenvalue weighted by molar-refractivity contribution is 0.0688. The third kappa shape index (κ3) is 3.60. The van der Waals surface area contributed by atoms with Gasteiger partial charge < -0.3 is 10.4 Å². The Morgan fingerprint density at radius 2 is 2.33 bits per heavy atom. The molecule has 1 aliphatic rings.